The third kappa shape index (κ3) is 6.49. The van der Waals surface area contributed by atoms with Crippen molar-refractivity contribution < 1.29 is 13.2 Å². The molecule has 0 bridgehead atoms. The van der Waals surface area contributed by atoms with Crippen molar-refractivity contribution in [3.05, 3.63) is 28.2 Å². The molecule has 168 valence electrons. The summed E-state index contributed by atoms with van der Waals surface area (Å²) >= 11 is 12.0. The smallest absolute Gasteiger partial charge is 0.315 e. The minimum atomic E-state index is -3.70. The lowest BCUT2D eigenvalue weighted by Gasteiger charge is -2.32. The summed E-state index contributed by atoms with van der Waals surface area (Å²) in [5, 5.41) is 6.57. The number of nitrogens with one attached hydrogen (secondary N) is 2. The van der Waals surface area contributed by atoms with E-state index in [1.165, 1.54) is 41.8 Å². The van der Waals surface area contributed by atoms with Gasteiger partial charge in [0.25, 0.3) is 0 Å². The molecule has 6 nitrogen and oxygen atoms in total. The fourth-order valence-corrected chi connectivity index (χ4v) is 6.61. The van der Waals surface area contributed by atoms with E-state index in [9.17, 15) is 13.2 Å². The zero-order valence-electron chi connectivity index (χ0n) is 17.2. The van der Waals surface area contributed by atoms with Crippen LogP contribution in [0.5, 0.6) is 0 Å². The number of amides is 2. The molecule has 1 aliphatic heterocycles. The number of sulfonamides is 1. The Balaban J connectivity index is 1.52. The Labute approximate surface area is 189 Å². The zero-order chi connectivity index (χ0) is 21.6. The number of benzene rings is 1. The fraction of sp³-hybridized carbons (Fsp3) is 0.667. The number of nitrogens with zero attached hydrogens (tertiary/aromatic N) is 1. The number of rotatable bonds is 5. The highest BCUT2D eigenvalue weighted by Crippen LogP contribution is 2.30. The highest BCUT2D eigenvalue weighted by atomic mass is 35.5. The number of piperidine rings is 1. The van der Waals surface area contributed by atoms with Crippen LogP contribution < -0.4 is 10.6 Å². The molecule has 0 aromatic heterocycles. The lowest BCUT2D eigenvalue weighted by molar-refractivity contribution is 0.224. The van der Waals surface area contributed by atoms with E-state index in [4.69, 9.17) is 23.2 Å². The van der Waals surface area contributed by atoms with Gasteiger partial charge in [-0.1, -0.05) is 55.3 Å². The van der Waals surface area contributed by atoms with E-state index in [1.54, 1.807) is 0 Å². The van der Waals surface area contributed by atoms with Crippen LogP contribution in [0.1, 0.15) is 57.8 Å². The van der Waals surface area contributed by atoms with Crippen LogP contribution in [-0.4, -0.2) is 44.4 Å². The normalized spacial score (nSPS) is 22.1. The summed E-state index contributed by atoms with van der Waals surface area (Å²) in [7, 11) is -3.70. The number of halogens is 2. The van der Waals surface area contributed by atoms with Crippen molar-refractivity contribution in [1.29, 1.82) is 0 Å². The fourth-order valence-electron chi connectivity index (χ4n) is 4.31. The quantitative estimate of drug-likeness (QED) is 0.641. The van der Waals surface area contributed by atoms with Crippen LogP contribution in [0.3, 0.4) is 0 Å². The molecule has 2 aliphatic rings. The van der Waals surface area contributed by atoms with Crippen molar-refractivity contribution in [2.75, 3.05) is 19.6 Å². The van der Waals surface area contributed by atoms with E-state index in [-0.39, 0.29) is 27.9 Å². The number of urea groups is 1. The molecule has 1 aromatic carbocycles. The maximum absolute atomic E-state index is 13.0. The van der Waals surface area contributed by atoms with Gasteiger partial charge in [0.05, 0.1) is 5.02 Å². The second-order valence-corrected chi connectivity index (χ2v) is 11.1. The van der Waals surface area contributed by atoms with Gasteiger partial charge in [0, 0.05) is 30.7 Å². The van der Waals surface area contributed by atoms with Gasteiger partial charge in [0.1, 0.15) is 4.90 Å². The van der Waals surface area contributed by atoms with E-state index in [0.717, 1.165) is 38.5 Å². The number of carbonyl (C=O) groups excluding carboxylic acids is 1. The predicted octanol–water partition coefficient (Wildman–Crippen LogP) is 4.81. The summed E-state index contributed by atoms with van der Waals surface area (Å²) in [6.45, 7) is 1.27. The Morgan fingerprint density at radius 2 is 1.73 bits per heavy atom. The summed E-state index contributed by atoms with van der Waals surface area (Å²) in [5.74, 6) is 0.0719. The summed E-state index contributed by atoms with van der Waals surface area (Å²) in [6.07, 6.45) is 9.79. The molecule has 1 aromatic rings. The molecule has 1 saturated heterocycles. The third-order valence-corrected chi connectivity index (χ3v) is 8.57. The highest BCUT2D eigenvalue weighted by Gasteiger charge is 2.32. The molecule has 0 radical (unpaired) electrons. The Morgan fingerprint density at radius 3 is 2.43 bits per heavy atom. The van der Waals surface area contributed by atoms with E-state index < -0.39 is 10.0 Å². The van der Waals surface area contributed by atoms with E-state index in [1.807, 2.05) is 0 Å². The first kappa shape index (κ1) is 23.6. The molecule has 2 fully saturated rings. The van der Waals surface area contributed by atoms with Gasteiger partial charge < -0.3 is 10.6 Å². The van der Waals surface area contributed by atoms with Crippen LogP contribution in [0.25, 0.3) is 0 Å². The zero-order valence-corrected chi connectivity index (χ0v) is 19.5. The summed E-state index contributed by atoms with van der Waals surface area (Å²) < 4.78 is 27.5. The minimum absolute atomic E-state index is 0.0719. The average Bonchev–Trinajstić information content (AvgIpc) is 2.68. The van der Waals surface area contributed by atoms with Crippen molar-refractivity contribution >= 4 is 39.3 Å². The van der Waals surface area contributed by atoms with Crippen LogP contribution in [0, 0.1) is 5.92 Å². The summed E-state index contributed by atoms with van der Waals surface area (Å²) in [4.78, 5) is 12.4. The van der Waals surface area contributed by atoms with Crippen molar-refractivity contribution in [3.63, 3.8) is 0 Å². The summed E-state index contributed by atoms with van der Waals surface area (Å²) in [5.41, 5.74) is 0. The van der Waals surface area contributed by atoms with E-state index in [0.29, 0.717) is 24.7 Å². The van der Waals surface area contributed by atoms with Crippen LogP contribution in [0.2, 0.25) is 10.0 Å². The lowest BCUT2D eigenvalue weighted by Crippen LogP contribution is -2.47. The lowest BCUT2D eigenvalue weighted by atomic mass is 9.97. The minimum Gasteiger partial charge on any atom is -0.338 e. The Bertz CT molecular complexity index is 827. The number of hydrogen-bond donors (Lipinski definition) is 2. The molecule has 1 saturated carbocycles. The molecule has 1 atom stereocenters. The van der Waals surface area contributed by atoms with E-state index in [2.05, 4.69) is 10.6 Å². The van der Waals surface area contributed by atoms with Crippen LogP contribution in [-0.2, 0) is 10.0 Å². The predicted molar refractivity (Wildman–Crippen MR) is 121 cm³/mol. The van der Waals surface area contributed by atoms with Crippen LogP contribution >= 0.6 is 23.2 Å². The molecule has 30 heavy (non-hydrogen) atoms. The second-order valence-electron chi connectivity index (χ2n) is 8.34. The summed E-state index contributed by atoms with van der Waals surface area (Å²) in [6, 6.07) is 4.51. The average molecular weight is 476 g/mol. The van der Waals surface area contributed by atoms with Gasteiger partial charge in [-0.25, -0.2) is 13.2 Å². The highest BCUT2D eigenvalue weighted by molar-refractivity contribution is 7.89. The van der Waals surface area contributed by atoms with Gasteiger partial charge in [-0.3, -0.25) is 0 Å². The van der Waals surface area contributed by atoms with E-state index >= 15 is 0 Å². The molecule has 2 N–H and O–H groups in total. The molecule has 1 aliphatic carbocycles. The van der Waals surface area contributed by atoms with Gasteiger partial charge in [0.15, 0.2) is 0 Å². The Kier molecular flexibility index (Phi) is 8.69. The first-order chi connectivity index (χ1) is 14.4. The van der Waals surface area contributed by atoms with Crippen molar-refractivity contribution in [2.24, 2.45) is 5.92 Å². The van der Waals surface area contributed by atoms with Gasteiger partial charge in [-0.2, -0.15) is 4.31 Å². The molecular weight excluding hydrogens is 445 g/mol. The van der Waals surface area contributed by atoms with Gasteiger partial charge >= 0.3 is 6.03 Å². The third-order valence-electron chi connectivity index (χ3n) is 5.99. The maximum Gasteiger partial charge on any atom is 0.315 e. The maximum atomic E-state index is 13.0. The molecular formula is C21H31Cl2N3O3S. The van der Waals surface area contributed by atoms with Crippen LogP contribution in [0.15, 0.2) is 23.1 Å². The van der Waals surface area contributed by atoms with Crippen molar-refractivity contribution in [1.82, 2.24) is 14.9 Å². The monoisotopic (exact) mass is 475 g/mol. The van der Waals surface area contributed by atoms with Gasteiger partial charge in [-0.05, 0) is 49.8 Å². The Morgan fingerprint density at radius 1 is 1.03 bits per heavy atom. The molecule has 3 rings (SSSR count). The van der Waals surface area contributed by atoms with Gasteiger partial charge in [-0.15, -0.1) is 0 Å². The first-order valence-corrected chi connectivity index (χ1v) is 13.1. The standard InChI is InChI=1S/C21H31Cl2N3O3S/c22-17-10-11-20(19(23)13-17)30(28,29)26-12-6-7-16(15-26)14-24-21(27)25-18-8-4-2-1-3-5-9-18/h10-11,13,16,18H,1-9,12,14-15H2,(H2,24,25,27). The molecule has 1 heterocycles. The largest absolute Gasteiger partial charge is 0.338 e. The molecule has 1 unspecified atom stereocenters. The topological polar surface area (TPSA) is 78.5 Å². The first-order valence-electron chi connectivity index (χ1n) is 10.9. The van der Waals surface area contributed by atoms with Crippen molar-refractivity contribution in [3.8, 4) is 0 Å². The molecule has 0 spiro atoms. The second kappa shape index (κ2) is 11.0. The van der Waals surface area contributed by atoms with Crippen LogP contribution in [0.4, 0.5) is 4.79 Å². The number of carbonyl (C=O) groups is 1. The number of hydrogen-bond acceptors (Lipinski definition) is 3. The molecule has 9 heteroatoms. The Hall–Kier alpha value is -1.02. The molecule has 2 amide bonds. The SMILES string of the molecule is O=C(NCC1CCCN(S(=O)(=O)c2ccc(Cl)cc2Cl)C1)NC1CCCCCCC1. The van der Waals surface area contributed by atoms with Gasteiger partial charge in [0.2, 0.25) is 10.0 Å². The van der Waals surface area contributed by atoms with Crippen molar-refractivity contribution in [2.45, 2.75) is 68.7 Å².